The number of nitrogens with zero attached hydrogens (tertiary/aromatic N) is 1. The van der Waals surface area contributed by atoms with Crippen molar-refractivity contribution >= 4 is 5.91 Å². The minimum atomic E-state index is -0.545. The molecule has 0 radical (unpaired) electrons. The molecule has 2 N–H and O–H groups in total. The highest BCUT2D eigenvalue weighted by molar-refractivity contribution is 5.86. The normalized spacial score (nSPS) is 26.5. The topological polar surface area (TPSA) is 52.6 Å². The van der Waals surface area contributed by atoms with E-state index >= 15 is 0 Å². The molecule has 1 aliphatic rings. The van der Waals surface area contributed by atoms with Crippen molar-refractivity contribution in [3.05, 3.63) is 0 Å². The lowest BCUT2D eigenvalue weighted by Crippen LogP contribution is -2.70. The van der Waals surface area contributed by atoms with Gasteiger partial charge in [-0.05, 0) is 34.6 Å². The molecule has 0 aromatic heterocycles. The second kappa shape index (κ2) is 3.76. The van der Waals surface area contributed by atoms with Crippen molar-refractivity contribution in [3.63, 3.8) is 0 Å². The number of β-amino-alcohol motifs (C(OH)–C–C–N with tert-alkyl or cyclic N) is 1. The van der Waals surface area contributed by atoms with Crippen LogP contribution in [0, 0.1) is 0 Å². The lowest BCUT2D eigenvalue weighted by molar-refractivity contribution is -0.145. The van der Waals surface area contributed by atoms with E-state index in [1.54, 1.807) is 11.8 Å². The van der Waals surface area contributed by atoms with Crippen molar-refractivity contribution in [1.29, 1.82) is 0 Å². The van der Waals surface area contributed by atoms with Crippen LogP contribution in [0.25, 0.3) is 0 Å². The summed E-state index contributed by atoms with van der Waals surface area (Å²) >= 11 is 0. The summed E-state index contributed by atoms with van der Waals surface area (Å²) in [5.74, 6) is 0.0581. The van der Waals surface area contributed by atoms with Gasteiger partial charge >= 0.3 is 0 Å². The lowest BCUT2D eigenvalue weighted by atomic mass is 9.90. The van der Waals surface area contributed by atoms with E-state index in [2.05, 4.69) is 19.2 Å². The van der Waals surface area contributed by atoms with E-state index in [0.29, 0.717) is 13.1 Å². The summed E-state index contributed by atoms with van der Waals surface area (Å²) in [6.45, 7) is 10.6. The van der Waals surface area contributed by atoms with Gasteiger partial charge in [-0.25, -0.2) is 0 Å². The predicted octanol–water partition coefficient (Wildman–Crippen LogP) is 0.356. The third kappa shape index (κ3) is 2.92. The quantitative estimate of drug-likeness (QED) is 0.697. The van der Waals surface area contributed by atoms with Crippen molar-refractivity contribution in [2.24, 2.45) is 0 Å². The molecule has 0 spiro atoms. The first-order valence-corrected chi connectivity index (χ1v) is 5.41. The molecule has 0 saturated carbocycles. The van der Waals surface area contributed by atoms with Crippen LogP contribution in [0.4, 0.5) is 0 Å². The first-order chi connectivity index (χ1) is 6.64. The molecule has 0 bridgehead atoms. The van der Waals surface area contributed by atoms with Crippen LogP contribution >= 0.6 is 0 Å². The minimum Gasteiger partial charge on any atom is -0.392 e. The molecule has 1 fully saturated rings. The fourth-order valence-corrected chi connectivity index (χ4v) is 2.35. The molecule has 1 amide bonds. The lowest BCUT2D eigenvalue weighted by Gasteiger charge is -2.47. The summed E-state index contributed by atoms with van der Waals surface area (Å²) in [7, 11) is 0. The number of piperazine rings is 1. The Balaban J connectivity index is 2.83. The first kappa shape index (κ1) is 12.5. The van der Waals surface area contributed by atoms with E-state index in [4.69, 9.17) is 0 Å². The van der Waals surface area contributed by atoms with Crippen molar-refractivity contribution in [2.75, 3.05) is 13.1 Å². The second-order valence-corrected chi connectivity index (χ2v) is 5.67. The molecule has 0 aromatic rings. The molecule has 88 valence electrons. The molecule has 1 heterocycles. The summed E-state index contributed by atoms with van der Waals surface area (Å²) in [5.41, 5.74) is -0.650. The molecule has 1 aliphatic heterocycles. The summed E-state index contributed by atoms with van der Waals surface area (Å²) in [5, 5.41) is 12.7. The SMILES string of the molecule is CC(O)CN1CC(C)(C)NC(C)(C)C1=O. The van der Waals surface area contributed by atoms with Crippen LogP contribution in [-0.4, -0.2) is 46.2 Å². The van der Waals surface area contributed by atoms with Gasteiger partial charge in [0.25, 0.3) is 0 Å². The number of carbonyl (C=O) groups is 1. The summed E-state index contributed by atoms with van der Waals surface area (Å²) < 4.78 is 0. The zero-order chi connectivity index (χ0) is 11.9. The van der Waals surface area contributed by atoms with Crippen molar-refractivity contribution < 1.29 is 9.90 Å². The number of aliphatic hydroxyl groups is 1. The fraction of sp³-hybridized carbons (Fsp3) is 0.909. The smallest absolute Gasteiger partial charge is 0.242 e. The third-order valence-corrected chi connectivity index (χ3v) is 2.54. The Morgan fingerprint density at radius 3 is 2.47 bits per heavy atom. The molecule has 0 aromatic carbocycles. The van der Waals surface area contributed by atoms with Gasteiger partial charge in [-0.1, -0.05) is 0 Å². The first-order valence-electron chi connectivity index (χ1n) is 5.41. The zero-order valence-corrected chi connectivity index (χ0v) is 10.3. The molecule has 4 heteroatoms. The summed E-state index contributed by atoms with van der Waals surface area (Å²) in [6.07, 6.45) is -0.473. The van der Waals surface area contributed by atoms with Gasteiger partial charge in [0.15, 0.2) is 0 Å². The van der Waals surface area contributed by atoms with Crippen LogP contribution in [0.1, 0.15) is 34.6 Å². The molecule has 0 aliphatic carbocycles. The number of hydrogen-bond donors (Lipinski definition) is 2. The zero-order valence-electron chi connectivity index (χ0n) is 10.3. The second-order valence-electron chi connectivity index (χ2n) is 5.67. The third-order valence-electron chi connectivity index (χ3n) is 2.54. The highest BCUT2D eigenvalue weighted by Crippen LogP contribution is 2.22. The Bertz CT molecular complexity index is 259. The number of amides is 1. The van der Waals surface area contributed by atoms with Crippen molar-refractivity contribution in [2.45, 2.75) is 51.8 Å². The van der Waals surface area contributed by atoms with E-state index in [1.165, 1.54) is 0 Å². The van der Waals surface area contributed by atoms with E-state index in [1.807, 2.05) is 13.8 Å². The maximum Gasteiger partial charge on any atom is 0.242 e. The Morgan fingerprint density at radius 2 is 2.00 bits per heavy atom. The van der Waals surface area contributed by atoms with Gasteiger partial charge in [-0.15, -0.1) is 0 Å². The average Bonchev–Trinajstić information content (AvgIpc) is 1.95. The Morgan fingerprint density at radius 1 is 1.47 bits per heavy atom. The van der Waals surface area contributed by atoms with Crippen LogP contribution in [0.2, 0.25) is 0 Å². The predicted molar refractivity (Wildman–Crippen MR) is 59.6 cm³/mol. The van der Waals surface area contributed by atoms with E-state index in [0.717, 1.165) is 0 Å². The average molecular weight is 214 g/mol. The Kier molecular flexibility index (Phi) is 3.12. The molecule has 1 rings (SSSR count). The number of hydrogen-bond acceptors (Lipinski definition) is 3. The van der Waals surface area contributed by atoms with Crippen LogP contribution in [0.15, 0.2) is 0 Å². The van der Waals surface area contributed by atoms with Crippen molar-refractivity contribution in [1.82, 2.24) is 10.2 Å². The minimum absolute atomic E-state index is 0.0581. The molecule has 1 atom stereocenters. The maximum atomic E-state index is 12.0. The van der Waals surface area contributed by atoms with E-state index in [9.17, 15) is 9.90 Å². The molecule has 15 heavy (non-hydrogen) atoms. The molecule has 1 unspecified atom stereocenters. The highest BCUT2D eigenvalue weighted by atomic mass is 16.3. The summed E-state index contributed by atoms with van der Waals surface area (Å²) in [6, 6.07) is 0. The molecular formula is C11H22N2O2. The molecule has 4 nitrogen and oxygen atoms in total. The summed E-state index contributed by atoms with van der Waals surface area (Å²) in [4.78, 5) is 13.8. The van der Waals surface area contributed by atoms with Crippen LogP contribution in [-0.2, 0) is 4.79 Å². The van der Waals surface area contributed by atoms with Crippen LogP contribution < -0.4 is 5.32 Å². The molecule has 1 saturated heterocycles. The van der Waals surface area contributed by atoms with Gasteiger partial charge in [0.05, 0.1) is 11.6 Å². The number of carbonyl (C=O) groups excluding carboxylic acids is 1. The Labute approximate surface area is 91.6 Å². The van der Waals surface area contributed by atoms with Gasteiger partial charge < -0.3 is 10.0 Å². The van der Waals surface area contributed by atoms with Gasteiger partial charge in [0.2, 0.25) is 5.91 Å². The van der Waals surface area contributed by atoms with E-state index < -0.39 is 11.6 Å². The van der Waals surface area contributed by atoms with Crippen molar-refractivity contribution in [3.8, 4) is 0 Å². The largest absolute Gasteiger partial charge is 0.392 e. The Hall–Kier alpha value is -0.610. The molecular weight excluding hydrogens is 192 g/mol. The standard InChI is InChI=1S/C11H22N2O2/c1-8(14)6-13-7-10(2,3)12-11(4,5)9(13)15/h8,12,14H,6-7H2,1-5H3. The number of nitrogens with one attached hydrogen (secondary N) is 1. The van der Waals surface area contributed by atoms with Gasteiger partial charge in [-0.3, -0.25) is 10.1 Å². The fourth-order valence-electron chi connectivity index (χ4n) is 2.35. The number of aliphatic hydroxyl groups excluding tert-OH is 1. The van der Waals surface area contributed by atoms with Gasteiger partial charge in [0, 0.05) is 18.6 Å². The van der Waals surface area contributed by atoms with Gasteiger partial charge in [-0.2, -0.15) is 0 Å². The van der Waals surface area contributed by atoms with Gasteiger partial charge in [0.1, 0.15) is 0 Å². The van der Waals surface area contributed by atoms with Crippen LogP contribution in [0.5, 0.6) is 0 Å². The van der Waals surface area contributed by atoms with E-state index in [-0.39, 0.29) is 11.4 Å². The number of rotatable bonds is 2. The maximum absolute atomic E-state index is 12.0. The monoisotopic (exact) mass is 214 g/mol. The van der Waals surface area contributed by atoms with Crippen LogP contribution in [0.3, 0.4) is 0 Å². The highest BCUT2D eigenvalue weighted by Gasteiger charge is 2.43.